The zero-order valence-corrected chi connectivity index (χ0v) is 12.1. The molecule has 0 bridgehead atoms. The number of hydrogen-bond donors (Lipinski definition) is 2. The maximum absolute atomic E-state index is 7.31. The molecule has 0 saturated carbocycles. The maximum atomic E-state index is 7.31. The van der Waals surface area contributed by atoms with Gasteiger partial charge in [0.15, 0.2) is 0 Å². The van der Waals surface area contributed by atoms with Crippen molar-refractivity contribution in [2.24, 2.45) is 11.7 Å². The highest BCUT2D eigenvalue weighted by Crippen LogP contribution is 2.11. The highest BCUT2D eigenvalue weighted by atomic mass is 16.5. The Balaban J connectivity index is 2.27. The summed E-state index contributed by atoms with van der Waals surface area (Å²) in [7, 11) is 2.12. The second kappa shape index (κ2) is 7.79. The largest absolute Gasteiger partial charge is 0.492 e. The summed E-state index contributed by atoms with van der Waals surface area (Å²) >= 11 is 0. The van der Waals surface area contributed by atoms with Crippen molar-refractivity contribution in [3.05, 3.63) is 29.8 Å². The molecule has 0 fully saturated rings. The molecule has 0 saturated heterocycles. The molecule has 4 heteroatoms. The lowest BCUT2D eigenvalue weighted by Crippen LogP contribution is -2.26. The van der Waals surface area contributed by atoms with Crippen LogP contribution in [0.5, 0.6) is 5.75 Å². The first-order chi connectivity index (χ1) is 8.99. The van der Waals surface area contributed by atoms with Gasteiger partial charge in [0.1, 0.15) is 18.2 Å². The number of nitrogens with two attached hydrogens (primary N) is 1. The number of nitrogens with zero attached hydrogens (tertiary/aromatic N) is 1. The lowest BCUT2D eigenvalue weighted by molar-refractivity contribution is 0.230. The number of rotatable bonds is 8. The van der Waals surface area contributed by atoms with E-state index in [1.807, 2.05) is 12.1 Å². The summed E-state index contributed by atoms with van der Waals surface area (Å²) in [5.41, 5.74) is 6.12. The Labute approximate surface area is 116 Å². The molecule has 3 N–H and O–H groups in total. The molecule has 0 aliphatic carbocycles. The monoisotopic (exact) mass is 263 g/mol. The number of ether oxygens (including phenoxy) is 1. The van der Waals surface area contributed by atoms with E-state index in [0.717, 1.165) is 30.3 Å². The van der Waals surface area contributed by atoms with Gasteiger partial charge in [0.25, 0.3) is 0 Å². The Hall–Kier alpha value is -1.55. The van der Waals surface area contributed by atoms with Crippen LogP contribution in [0.4, 0.5) is 0 Å². The van der Waals surface area contributed by atoms with Crippen molar-refractivity contribution >= 4 is 5.84 Å². The summed E-state index contributed by atoms with van der Waals surface area (Å²) < 4.78 is 5.67. The molecule has 106 valence electrons. The molecule has 0 amide bonds. The van der Waals surface area contributed by atoms with E-state index in [2.05, 4.69) is 25.8 Å². The molecule has 0 atom stereocenters. The first kappa shape index (κ1) is 15.5. The van der Waals surface area contributed by atoms with Crippen LogP contribution in [0.2, 0.25) is 0 Å². The summed E-state index contributed by atoms with van der Waals surface area (Å²) in [4.78, 5) is 2.28. The quantitative estimate of drug-likeness (QED) is 0.559. The second-order valence-electron chi connectivity index (χ2n) is 5.27. The van der Waals surface area contributed by atoms with E-state index in [1.165, 1.54) is 6.42 Å². The fraction of sp³-hybridized carbons (Fsp3) is 0.533. The molecule has 0 radical (unpaired) electrons. The zero-order valence-electron chi connectivity index (χ0n) is 12.1. The third-order valence-corrected chi connectivity index (χ3v) is 3.00. The van der Waals surface area contributed by atoms with E-state index < -0.39 is 0 Å². The Kier molecular flexibility index (Phi) is 6.36. The molecule has 1 rings (SSSR count). The Bertz CT molecular complexity index is 387. The predicted octanol–water partition coefficient (Wildman–Crippen LogP) is 2.33. The molecular weight excluding hydrogens is 238 g/mol. The minimum atomic E-state index is 0.0833. The predicted molar refractivity (Wildman–Crippen MR) is 79.9 cm³/mol. The topological polar surface area (TPSA) is 62.3 Å². The van der Waals surface area contributed by atoms with E-state index >= 15 is 0 Å². The zero-order chi connectivity index (χ0) is 14.3. The van der Waals surface area contributed by atoms with Gasteiger partial charge < -0.3 is 15.4 Å². The van der Waals surface area contributed by atoms with Gasteiger partial charge in [0.05, 0.1) is 0 Å². The lowest BCUT2D eigenvalue weighted by atomic mass is 10.1. The second-order valence-corrected chi connectivity index (χ2v) is 5.27. The van der Waals surface area contributed by atoms with Gasteiger partial charge in [0, 0.05) is 12.1 Å². The summed E-state index contributed by atoms with van der Waals surface area (Å²) in [6.07, 6.45) is 1.21. The Morgan fingerprint density at radius 1 is 1.26 bits per heavy atom. The average molecular weight is 263 g/mol. The maximum Gasteiger partial charge on any atom is 0.122 e. The average Bonchev–Trinajstić information content (AvgIpc) is 2.37. The molecule has 0 unspecified atom stereocenters. The van der Waals surface area contributed by atoms with Crippen molar-refractivity contribution < 1.29 is 4.74 Å². The molecule has 4 nitrogen and oxygen atoms in total. The van der Waals surface area contributed by atoms with Crippen LogP contribution in [0.15, 0.2) is 24.3 Å². The van der Waals surface area contributed by atoms with Gasteiger partial charge in [-0.25, -0.2) is 0 Å². The van der Waals surface area contributed by atoms with E-state index in [4.69, 9.17) is 15.9 Å². The normalized spacial score (nSPS) is 11.0. The van der Waals surface area contributed by atoms with Crippen molar-refractivity contribution in [3.8, 4) is 5.75 Å². The van der Waals surface area contributed by atoms with E-state index in [1.54, 1.807) is 12.1 Å². The highest BCUT2D eigenvalue weighted by Gasteiger charge is 2.02. The Morgan fingerprint density at radius 3 is 2.42 bits per heavy atom. The summed E-state index contributed by atoms with van der Waals surface area (Å²) in [5, 5.41) is 7.31. The fourth-order valence-electron chi connectivity index (χ4n) is 1.64. The molecule has 1 aromatic rings. The van der Waals surface area contributed by atoms with E-state index in [-0.39, 0.29) is 5.84 Å². The first-order valence-corrected chi connectivity index (χ1v) is 6.75. The molecule has 0 aliphatic rings. The minimum Gasteiger partial charge on any atom is -0.492 e. The number of nitrogens with one attached hydrogen (secondary N) is 1. The summed E-state index contributed by atoms with van der Waals surface area (Å²) in [6.45, 7) is 7.17. The van der Waals surface area contributed by atoms with Crippen LogP contribution in [0.3, 0.4) is 0 Å². The summed E-state index contributed by atoms with van der Waals surface area (Å²) in [5.74, 6) is 1.64. The van der Waals surface area contributed by atoms with Crippen molar-refractivity contribution in [2.75, 3.05) is 26.7 Å². The third kappa shape index (κ3) is 6.25. The van der Waals surface area contributed by atoms with Gasteiger partial charge in [-0.3, -0.25) is 5.41 Å². The summed E-state index contributed by atoms with van der Waals surface area (Å²) in [6, 6.07) is 7.32. The van der Waals surface area contributed by atoms with Gasteiger partial charge in [-0.05, 0) is 50.2 Å². The molecular formula is C15H25N3O. The molecule has 19 heavy (non-hydrogen) atoms. The number of benzene rings is 1. The number of nitrogen functional groups attached to an aromatic ring is 1. The van der Waals surface area contributed by atoms with Gasteiger partial charge >= 0.3 is 0 Å². The smallest absolute Gasteiger partial charge is 0.122 e. The SMILES string of the molecule is CC(C)CCN(C)CCOc1ccc(C(=N)N)cc1. The number of amidine groups is 1. The van der Waals surface area contributed by atoms with E-state index in [9.17, 15) is 0 Å². The molecule has 1 aromatic carbocycles. The van der Waals surface area contributed by atoms with Gasteiger partial charge in [-0.15, -0.1) is 0 Å². The number of hydrogen-bond acceptors (Lipinski definition) is 3. The van der Waals surface area contributed by atoms with Crippen LogP contribution in [0.1, 0.15) is 25.8 Å². The van der Waals surface area contributed by atoms with Crippen molar-refractivity contribution in [1.29, 1.82) is 5.41 Å². The molecule has 0 aliphatic heterocycles. The fourth-order valence-corrected chi connectivity index (χ4v) is 1.64. The van der Waals surface area contributed by atoms with Crippen LogP contribution in [0, 0.1) is 11.3 Å². The first-order valence-electron chi connectivity index (χ1n) is 6.75. The Morgan fingerprint density at radius 2 is 1.89 bits per heavy atom. The van der Waals surface area contributed by atoms with Gasteiger partial charge in [-0.2, -0.15) is 0 Å². The van der Waals surface area contributed by atoms with Crippen LogP contribution in [0.25, 0.3) is 0 Å². The molecule has 0 spiro atoms. The highest BCUT2D eigenvalue weighted by molar-refractivity contribution is 5.94. The van der Waals surface area contributed by atoms with Gasteiger partial charge in [0.2, 0.25) is 0 Å². The van der Waals surface area contributed by atoms with Crippen molar-refractivity contribution in [2.45, 2.75) is 20.3 Å². The van der Waals surface area contributed by atoms with E-state index in [0.29, 0.717) is 6.61 Å². The molecule has 0 heterocycles. The number of likely N-dealkylation sites (N-methyl/N-ethyl adjacent to an activating group) is 1. The van der Waals surface area contributed by atoms with Crippen LogP contribution >= 0.6 is 0 Å². The van der Waals surface area contributed by atoms with Crippen LogP contribution in [-0.4, -0.2) is 37.5 Å². The van der Waals surface area contributed by atoms with Crippen LogP contribution < -0.4 is 10.5 Å². The van der Waals surface area contributed by atoms with Gasteiger partial charge in [-0.1, -0.05) is 13.8 Å². The molecule has 0 aromatic heterocycles. The van der Waals surface area contributed by atoms with Crippen molar-refractivity contribution in [1.82, 2.24) is 4.90 Å². The lowest BCUT2D eigenvalue weighted by Gasteiger charge is -2.18. The van der Waals surface area contributed by atoms with Crippen LogP contribution in [-0.2, 0) is 0 Å². The standard InChI is InChI=1S/C15H25N3O/c1-12(2)8-9-18(3)10-11-19-14-6-4-13(5-7-14)15(16)17/h4-7,12H,8-11H2,1-3H3,(H3,16,17). The van der Waals surface area contributed by atoms with Crippen molar-refractivity contribution in [3.63, 3.8) is 0 Å². The third-order valence-electron chi connectivity index (χ3n) is 3.00. The minimum absolute atomic E-state index is 0.0833.